The molecular formula is C37H72N4O10. The molecule has 0 bridgehead atoms. The molecule has 1 atom stereocenters. The van der Waals surface area contributed by atoms with Gasteiger partial charge in [-0.15, -0.1) is 0 Å². The predicted octanol–water partition coefficient (Wildman–Crippen LogP) is 5.83. The Morgan fingerprint density at radius 1 is 0.667 bits per heavy atom. The highest BCUT2D eigenvalue weighted by atomic mass is 16.6. The van der Waals surface area contributed by atoms with Crippen molar-refractivity contribution in [3.05, 3.63) is 0 Å². The number of carbonyl (C=O) groups is 4. The van der Waals surface area contributed by atoms with Crippen LogP contribution in [0.3, 0.4) is 0 Å². The van der Waals surface area contributed by atoms with Crippen LogP contribution in [-0.2, 0) is 38.0 Å². The molecule has 0 aliphatic rings. The van der Waals surface area contributed by atoms with E-state index in [0.717, 1.165) is 11.3 Å². The number of hydrogen-bond acceptors (Lipinski definition) is 11. The van der Waals surface area contributed by atoms with Crippen molar-refractivity contribution in [3.8, 4) is 0 Å². The summed E-state index contributed by atoms with van der Waals surface area (Å²) in [6.07, 6.45) is 1.54. The molecule has 0 rings (SSSR count). The minimum Gasteiger partial charge on any atom is -0.443 e. The highest BCUT2D eigenvalue weighted by molar-refractivity contribution is 5.89. The van der Waals surface area contributed by atoms with E-state index in [9.17, 15) is 19.2 Å². The number of amides is 4. The second-order valence-electron chi connectivity index (χ2n) is 17.3. The second kappa shape index (κ2) is 20.6. The Labute approximate surface area is 307 Å². The molecule has 0 saturated heterocycles. The molecule has 0 aromatic heterocycles. The Kier molecular flexibility index (Phi) is 19.6. The van der Waals surface area contributed by atoms with Crippen molar-refractivity contribution >= 4 is 24.0 Å². The zero-order valence-corrected chi connectivity index (χ0v) is 34.5. The van der Waals surface area contributed by atoms with Crippen LogP contribution in [0.1, 0.15) is 135 Å². The van der Waals surface area contributed by atoms with E-state index in [1.165, 1.54) is 0 Å². The Bertz CT molecular complexity index is 1070. The molecule has 0 aromatic rings. The number of nitrogens with one attached hydrogen (secondary N) is 2. The Balaban J connectivity index is 5.45. The lowest BCUT2D eigenvalue weighted by Crippen LogP contribution is -2.56. The van der Waals surface area contributed by atoms with E-state index in [1.54, 1.807) is 62.5 Å². The standard InChI is InChI=1S/C37H72N4O10/c1-32(2,3)50-30(44)41(31(45)51-33(4,5)6)37(13,14)48-24-19-34(7,8)40-29(43)27(18-16-17-22-38)39-28(42)26-49-36(11,12)21-25-47-35(9,10)20-23-46-15/h27H,16-26,38H2,1-15H3,(H,39,42)(H,40,43)/t27-/m0/s1. The zero-order valence-electron chi connectivity index (χ0n) is 34.5. The average Bonchev–Trinajstić information content (AvgIpc) is 2.91. The number of rotatable bonds is 22. The molecule has 0 aliphatic carbocycles. The van der Waals surface area contributed by atoms with Crippen LogP contribution >= 0.6 is 0 Å². The molecule has 0 aliphatic heterocycles. The molecule has 0 saturated carbocycles. The van der Waals surface area contributed by atoms with Crippen molar-refractivity contribution in [1.82, 2.24) is 15.5 Å². The summed E-state index contributed by atoms with van der Waals surface area (Å²) in [6.45, 7) is 26.1. The van der Waals surface area contributed by atoms with Gasteiger partial charge in [-0.3, -0.25) is 9.59 Å². The van der Waals surface area contributed by atoms with Gasteiger partial charge in [-0.05, 0) is 142 Å². The van der Waals surface area contributed by atoms with Gasteiger partial charge in [0.1, 0.15) is 23.9 Å². The molecule has 4 N–H and O–H groups in total. The van der Waals surface area contributed by atoms with Crippen LogP contribution in [0.2, 0.25) is 0 Å². The van der Waals surface area contributed by atoms with Gasteiger partial charge in [0.2, 0.25) is 11.8 Å². The number of ether oxygens (including phenoxy) is 6. The van der Waals surface area contributed by atoms with Crippen molar-refractivity contribution in [2.24, 2.45) is 5.73 Å². The Morgan fingerprint density at radius 2 is 1.16 bits per heavy atom. The average molecular weight is 733 g/mol. The van der Waals surface area contributed by atoms with E-state index in [2.05, 4.69) is 10.6 Å². The van der Waals surface area contributed by atoms with E-state index in [4.69, 9.17) is 34.2 Å². The predicted molar refractivity (Wildman–Crippen MR) is 197 cm³/mol. The molecule has 14 nitrogen and oxygen atoms in total. The highest BCUT2D eigenvalue weighted by Gasteiger charge is 2.43. The van der Waals surface area contributed by atoms with E-state index in [0.29, 0.717) is 51.9 Å². The lowest BCUT2D eigenvalue weighted by Gasteiger charge is -2.38. The van der Waals surface area contributed by atoms with Crippen LogP contribution in [0, 0.1) is 0 Å². The maximum absolute atomic E-state index is 13.5. The van der Waals surface area contributed by atoms with Crippen molar-refractivity contribution in [1.29, 1.82) is 0 Å². The first-order valence-electron chi connectivity index (χ1n) is 18.0. The molecule has 0 fully saturated rings. The van der Waals surface area contributed by atoms with Gasteiger partial charge in [0.15, 0.2) is 5.72 Å². The van der Waals surface area contributed by atoms with Crippen molar-refractivity contribution in [3.63, 3.8) is 0 Å². The summed E-state index contributed by atoms with van der Waals surface area (Å²) in [7, 11) is 1.66. The topological polar surface area (TPSA) is 177 Å². The fourth-order valence-corrected chi connectivity index (χ4v) is 4.56. The van der Waals surface area contributed by atoms with Gasteiger partial charge in [0.25, 0.3) is 0 Å². The van der Waals surface area contributed by atoms with Crippen LogP contribution in [-0.4, -0.2) is 109 Å². The lowest BCUT2D eigenvalue weighted by molar-refractivity contribution is -0.138. The summed E-state index contributed by atoms with van der Waals surface area (Å²) in [5.41, 5.74) is 0.734. The van der Waals surface area contributed by atoms with Crippen molar-refractivity contribution < 1.29 is 47.6 Å². The minimum atomic E-state index is -1.45. The Morgan fingerprint density at radius 3 is 1.65 bits per heavy atom. The number of hydrogen-bond donors (Lipinski definition) is 3. The van der Waals surface area contributed by atoms with Crippen LogP contribution in [0.25, 0.3) is 0 Å². The second-order valence-corrected chi connectivity index (χ2v) is 17.3. The number of carbonyl (C=O) groups excluding carboxylic acids is 4. The van der Waals surface area contributed by atoms with Gasteiger partial charge in [-0.2, -0.15) is 4.90 Å². The maximum atomic E-state index is 13.5. The largest absolute Gasteiger partial charge is 0.443 e. The van der Waals surface area contributed by atoms with Gasteiger partial charge in [0, 0.05) is 19.3 Å². The first-order chi connectivity index (χ1) is 23.1. The number of imide groups is 1. The summed E-state index contributed by atoms with van der Waals surface area (Å²) >= 11 is 0. The normalized spacial score (nSPS) is 13.7. The number of unbranched alkanes of at least 4 members (excludes halogenated alkanes) is 1. The van der Waals surface area contributed by atoms with Crippen LogP contribution in [0.15, 0.2) is 0 Å². The Hall–Kier alpha value is -2.52. The van der Waals surface area contributed by atoms with Gasteiger partial charge in [-0.25, -0.2) is 9.59 Å². The third-order valence-electron chi connectivity index (χ3n) is 7.63. The summed E-state index contributed by atoms with van der Waals surface area (Å²) < 4.78 is 34.1. The number of nitrogens with two attached hydrogens (primary N) is 1. The van der Waals surface area contributed by atoms with Crippen LogP contribution in [0.5, 0.6) is 0 Å². The summed E-state index contributed by atoms with van der Waals surface area (Å²) in [6, 6.07) is -0.813. The molecular weight excluding hydrogens is 660 g/mol. The van der Waals surface area contributed by atoms with E-state index in [-0.39, 0.29) is 24.7 Å². The molecule has 0 heterocycles. The minimum absolute atomic E-state index is 0.0583. The van der Waals surface area contributed by atoms with Crippen LogP contribution in [0.4, 0.5) is 9.59 Å². The smallest absolute Gasteiger partial charge is 0.422 e. The first kappa shape index (κ1) is 48.5. The molecule has 0 aromatic carbocycles. The van der Waals surface area contributed by atoms with Gasteiger partial charge in [-0.1, -0.05) is 0 Å². The van der Waals surface area contributed by atoms with E-state index >= 15 is 0 Å². The summed E-state index contributed by atoms with van der Waals surface area (Å²) in [4.78, 5) is 53.6. The summed E-state index contributed by atoms with van der Waals surface area (Å²) in [5.74, 6) is -0.774. The molecule has 51 heavy (non-hydrogen) atoms. The fraction of sp³-hybridized carbons (Fsp3) is 0.892. The lowest BCUT2D eigenvalue weighted by atomic mass is 9.99. The number of nitrogens with zero attached hydrogens (tertiary/aromatic N) is 1. The SMILES string of the molecule is COCCC(C)(C)OCCC(C)(C)OCC(=O)N[C@@H](CCCCN)C(=O)NC(C)(C)CCOC(C)(C)N(C(=O)OC(C)(C)C)C(=O)OC(C)(C)C. The van der Waals surface area contributed by atoms with E-state index in [1.807, 2.05) is 41.5 Å². The molecule has 0 radical (unpaired) electrons. The number of methoxy groups -OCH3 is 1. The first-order valence-corrected chi connectivity index (χ1v) is 18.0. The van der Waals surface area contributed by atoms with Crippen molar-refractivity contribution in [2.45, 2.75) is 175 Å². The molecule has 14 heteroatoms. The van der Waals surface area contributed by atoms with Gasteiger partial charge < -0.3 is 44.8 Å². The van der Waals surface area contributed by atoms with Crippen LogP contribution < -0.4 is 16.4 Å². The maximum Gasteiger partial charge on any atom is 0.422 e. The van der Waals surface area contributed by atoms with E-state index < -0.39 is 52.2 Å². The highest BCUT2D eigenvalue weighted by Crippen LogP contribution is 2.25. The van der Waals surface area contributed by atoms with Gasteiger partial charge >= 0.3 is 12.2 Å². The fourth-order valence-electron chi connectivity index (χ4n) is 4.56. The molecule has 4 amide bonds. The molecule has 300 valence electrons. The quantitative estimate of drug-likeness (QED) is 0.0902. The summed E-state index contributed by atoms with van der Waals surface area (Å²) in [5, 5.41) is 5.84. The monoisotopic (exact) mass is 733 g/mol. The van der Waals surface area contributed by atoms with Gasteiger partial charge in [0.05, 0.1) is 24.4 Å². The third kappa shape index (κ3) is 22.2. The third-order valence-corrected chi connectivity index (χ3v) is 7.63. The zero-order chi connectivity index (χ0) is 39.9. The molecule has 0 spiro atoms. The van der Waals surface area contributed by atoms with Crippen molar-refractivity contribution in [2.75, 3.05) is 40.1 Å². The molecule has 0 unspecified atom stereocenters.